The van der Waals surface area contributed by atoms with E-state index in [9.17, 15) is 9.18 Å². The van der Waals surface area contributed by atoms with Gasteiger partial charge in [-0.25, -0.2) is 9.18 Å². The smallest absolute Gasteiger partial charge is 0.323 e. The van der Waals surface area contributed by atoms with Crippen LogP contribution in [0.2, 0.25) is 0 Å². The van der Waals surface area contributed by atoms with E-state index in [-0.39, 0.29) is 11.4 Å². The molecule has 0 bridgehead atoms. The number of hydrogen-bond donors (Lipinski definition) is 3. The molecule has 98 valence electrons. The number of anilines is 2. The van der Waals surface area contributed by atoms with Crippen LogP contribution in [0, 0.1) is 12.7 Å². The monoisotopic (exact) mass is 260 g/mol. The Hall–Kier alpha value is -2.56. The first-order chi connectivity index (χ1) is 9.04. The molecule has 0 unspecified atom stereocenters. The third kappa shape index (κ3) is 3.45. The van der Waals surface area contributed by atoms with Gasteiger partial charge in [0.1, 0.15) is 11.6 Å². The summed E-state index contributed by atoms with van der Waals surface area (Å²) in [6, 6.07) is 10.2. The van der Waals surface area contributed by atoms with Crippen LogP contribution in [-0.4, -0.2) is 11.1 Å². The van der Waals surface area contributed by atoms with Crippen molar-refractivity contribution in [3.63, 3.8) is 0 Å². The molecule has 0 aromatic heterocycles. The largest absolute Gasteiger partial charge is 0.508 e. The lowest BCUT2D eigenvalue weighted by Gasteiger charge is -2.09. The number of halogens is 1. The molecule has 2 aromatic rings. The minimum Gasteiger partial charge on any atom is -0.508 e. The predicted molar refractivity (Wildman–Crippen MR) is 71.9 cm³/mol. The fourth-order valence-electron chi connectivity index (χ4n) is 1.61. The SMILES string of the molecule is Cc1cccc(NC(=O)Nc2ccc(O)cc2F)c1. The average molecular weight is 260 g/mol. The number of rotatable bonds is 2. The number of amides is 2. The Bertz CT molecular complexity index is 614. The summed E-state index contributed by atoms with van der Waals surface area (Å²) < 4.78 is 13.4. The Morgan fingerprint density at radius 1 is 1.16 bits per heavy atom. The molecule has 2 amide bonds. The van der Waals surface area contributed by atoms with E-state index in [0.29, 0.717) is 5.69 Å². The van der Waals surface area contributed by atoms with Crippen LogP contribution in [0.15, 0.2) is 42.5 Å². The molecule has 0 fully saturated rings. The van der Waals surface area contributed by atoms with Crippen molar-refractivity contribution in [2.24, 2.45) is 0 Å². The molecule has 0 radical (unpaired) electrons. The van der Waals surface area contributed by atoms with Crippen LogP contribution < -0.4 is 10.6 Å². The van der Waals surface area contributed by atoms with Crippen LogP contribution in [0.5, 0.6) is 5.75 Å². The van der Waals surface area contributed by atoms with Gasteiger partial charge in [0, 0.05) is 11.8 Å². The Kier molecular flexibility index (Phi) is 3.66. The van der Waals surface area contributed by atoms with Gasteiger partial charge in [-0.3, -0.25) is 0 Å². The summed E-state index contributed by atoms with van der Waals surface area (Å²) in [7, 11) is 0. The highest BCUT2D eigenvalue weighted by molar-refractivity contribution is 5.99. The van der Waals surface area contributed by atoms with Crippen LogP contribution in [0.25, 0.3) is 0 Å². The number of nitrogens with one attached hydrogen (secondary N) is 2. The van der Waals surface area contributed by atoms with Crippen molar-refractivity contribution >= 4 is 17.4 Å². The van der Waals surface area contributed by atoms with Crippen molar-refractivity contribution in [2.45, 2.75) is 6.92 Å². The summed E-state index contributed by atoms with van der Waals surface area (Å²) in [5.41, 5.74) is 1.63. The molecular weight excluding hydrogens is 247 g/mol. The fraction of sp³-hybridized carbons (Fsp3) is 0.0714. The summed E-state index contributed by atoms with van der Waals surface area (Å²) in [5.74, 6) is -0.887. The maximum atomic E-state index is 13.4. The maximum Gasteiger partial charge on any atom is 0.323 e. The van der Waals surface area contributed by atoms with E-state index in [1.165, 1.54) is 12.1 Å². The Labute approximate surface area is 109 Å². The molecule has 2 rings (SSSR count). The zero-order chi connectivity index (χ0) is 13.8. The highest BCUT2D eigenvalue weighted by atomic mass is 19.1. The predicted octanol–water partition coefficient (Wildman–Crippen LogP) is 3.48. The first-order valence-corrected chi connectivity index (χ1v) is 5.68. The number of phenols is 1. The van der Waals surface area contributed by atoms with Crippen LogP contribution in [0.1, 0.15) is 5.56 Å². The lowest BCUT2D eigenvalue weighted by molar-refractivity contribution is 0.262. The first kappa shape index (κ1) is 12.9. The van der Waals surface area contributed by atoms with Crippen LogP contribution in [-0.2, 0) is 0 Å². The van der Waals surface area contributed by atoms with Crippen molar-refractivity contribution in [1.82, 2.24) is 0 Å². The second-order valence-corrected chi connectivity index (χ2v) is 4.11. The quantitative estimate of drug-likeness (QED) is 0.724. The van der Waals surface area contributed by atoms with E-state index in [0.717, 1.165) is 11.6 Å². The number of benzene rings is 2. The molecule has 19 heavy (non-hydrogen) atoms. The molecule has 0 aliphatic rings. The van der Waals surface area contributed by atoms with Crippen molar-refractivity contribution in [1.29, 1.82) is 0 Å². The van der Waals surface area contributed by atoms with Crippen molar-refractivity contribution in [3.8, 4) is 5.75 Å². The maximum absolute atomic E-state index is 13.4. The Morgan fingerprint density at radius 2 is 1.95 bits per heavy atom. The molecule has 0 atom stereocenters. The summed E-state index contributed by atoms with van der Waals surface area (Å²) in [6.07, 6.45) is 0. The zero-order valence-electron chi connectivity index (χ0n) is 10.3. The minimum absolute atomic E-state index is 0.00273. The van der Waals surface area contributed by atoms with E-state index in [4.69, 9.17) is 5.11 Å². The highest BCUT2D eigenvalue weighted by Gasteiger charge is 2.07. The second-order valence-electron chi connectivity index (χ2n) is 4.11. The van der Waals surface area contributed by atoms with E-state index in [2.05, 4.69) is 10.6 Å². The van der Waals surface area contributed by atoms with Crippen molar-refractivity contribution in [2.75, 3.05) is 10.6 Å². The number of aromatic hydroxyl groups is 1. The number of carbonyl (C=O) groups excluding carboxylic acids is 1. The third-order valence-electron chi connectivity index (χ3n) is 2.48. The summed E-state index contributed by atoms with van der Waals surface area (Å²) in [5, 5.41) is 14.0. The zero-order valence-corrected chi connectivity index (χ0v) is 10.3. The third-order valence-corrected chi connectivity index (χ3v) is 2.48. The van der Waals surface area contributed by atoms with E-state index >= 15 is 0 Å². The van der Waals surface area contributed by atoms with Crippen molar-refractivity contribution in [3.05, 3.63) is 53.8 Å². The van der Waals surface area contributed by atoms with Gasteiger partial charge in [-0.2, -0.15) is 0 Å². The van der Waals surface area contributed by atoms with Crippen molar-refractivity contribution < 1.29 is 14.3 Å². The van der Waals surface area contributed by atoms with Crippen LogP contribution >= 0.6 is 0 Å². The molecule has 4 nitrogen and oxygen atoms in total. The Morgan fingerprint density at radius 3 is 2.63 bits per heavy atom. The number of aryl methyl sites for hydroxylation is 1. The molecular formula is C14H13FN2O2. The number of hydrogen-bond acceptors (Lipinski definition) is 2. The molecule has 0 saturated carbocycles. The lowest BCUT2D eigenvalue weighted by atomic mass is 10.2. The van der Waals surface area contributed by atoms with Gasteiger partial charge in [-0.05, 0) is 36.8 Å². The molecule has 0 saturated heterocycles. The topological polar surface area (TPSA) is 61.4 Å². The van der Waals surface area contributed by atoms with Crippen LogP contribution in [0.4, 0.5) is 20.6 Å². The summed E-state index contributed by atoms with van der Waals surface area (Å²) in [4.78, 5) is 11.7. The first-order valence-electron chi connectivity index (χ1n) is 5.68. The van der Waals surface area contributed by atoms with E-state index in [1.807, 2.05) is 19.1 Å². The van der Waals surface area contributed by atoms with Gasteiger partial charge in [0.2, 0.25) is 0 Å². The van der Waals surface area contributed by atoms with E-state index < -0.39 is 11.8 Å². The van der Waals surface area contributed by atoms with E-state index in [1.54, 1.807) is 12.1 Å². The number of urea groups is 1. The molecule has 2 aromatic carbocycles. The summed E-state index contributed by atoms with van der Waals surface area (Å²) >= 11 is 0. The van der Waals surface area contributed by atoms with Gasteiger partial charge < -0.3 is 15.7 Å². The normalized spacial score (nSPS) is 10.0. The standard InChI is InChI=1S/C14H13FN2O2/c1-9-3-2-4-10(7-9)16-14(19)17-13-6-5-11(18)8-12(13)15/h2-8,18H,1H3,(H2,16,17,19). The second kappa shape index (κ2) is 5.39. The fourth-order valence-corrected chi connectivity index (χ4v) is 1.61. The average Bonchev–Trinajstić information content (AvgIpc) is 2.33. The number of phenolic OH excluding ortho intramolecular Hbond substituents is 1. The Balaban J connectivity index is 2.05. The molecule has 0 aliphatic carbocycles. The van der Waals surface area contributed by atoms with Gasteiger partial charge in [0.15, 0.2) is 0 Å². The van der Waals surface area contributed by atoms with Gasteiger partial charge in [0.05, 0.1) is 5.69 Å². The van der Waals surface area contributed by atoms with Gasteiger partial charge in [-0.1, -0.05) is 12.1 Å². The molecule has 5 heteroatoms. The summed E-state index contributed by atoms with van der Waals surface area (Å²) in [6.45, 7) is 1.91. The molecule has 3 N–H and O–H groups in total. The number of carbonyl (C=O) groups is 1. The van der Waals surface area contributed by atoms with Gasteiger partial charge >= 0.3 is 6.03 Å². The lowest BCUT2D eigenvalue weighted by Crippen LogP contribution is -2.20. The van der Waals surface area contributed by atoms with Gasteiger partial charge in [0.25, 0.3) is 0 Å². The van der Waals surface area contributed by atoms with Crippen LogP contribution in [0.3, 0.4) is 0 Å². The molecule has 0 heterocycles. The highest BCUT2D eigenvalue weighted by Crippen LogP contribution is 2.19. The van der Waals surface area contributed by atoms with Gasteiger partial charge in [-0.15, -0.1) is 0 Å². The minimum atomic E-state index is -0.695. The molecule has 0 aliphatic heterocycles. The molecule has 0 spiro atoms.